The van der Waals surface area contributed by atoms with Crippen LogP contribution >= 0.6 is 12.6 Å². The lowest BCUT2D eigenvalue weighted by atomic mass is 10.1. The summed E-state index contributed by atoms with van der Waals surface area (Å²) < 4.78 is 26.2. The van der Waals surface area contributed by atoms with Crippen LogP contribution < -0.4 is 5.32 Å². The SMILES string of the molecule is CC(S)C(=O)NCC1CCCC1(F)F. The van der Waals surface area contributed by atoms with E-state index in [-0.39, 0.29) is 18.9 Å². The molecule has 1 N–H and O–H groups in total. The fourth-order valence-electron chi connectivity index (χ4n) is 1.62. The molecule has 1 saturated carbocycles. The van der Waals surface area contributed by atoms with Crippen molar-refractivity contribution in [3.63, 3.8) is 0 Å². The van der Waals surface area contributed by atoms with Crippen molar-refractivity contribution in [2.24, 2.45) is 5.92 Å². The Morgan fingerprint density at radius 1 is 1.71 bits per heavy atom. The zero-order valence-electron chi connectivity index (χ0n) is 8.09. The first-order valence-corrected chi connectivity index (χ1v) is 5.28. The van der Waals surface area contributed by atoms with Gasteiger partial charge in [0.2, 0.25) is 5.91 Å². The highest BCUT2D eigenvalue weighted by Gasteiger charge is 2.43. The van der Waals surface area contributed by atoms with Gasteiger partial charge in [-0.3, -0.25) is 4.79 Å². The lowest BCUT2D eigenvalue weighted by Gasteiger charge is -2.19. The van der Waals surface area contributed by atoms with E-state index in [0.29, 0.717) is 12.8 Å². The third-order valence-corrected chi connectivity index (χ3v) is 2.80. The van der Waals surface area contributed by atoms with Crippen LogP contribution in [0.15, 0.2) is 0 Å². The fraction of sp³-hybridized carbons (Fsp3) is 0.889. The van der Waals surface area contributed by atoms with Gasteiger partial charge >= 0.3 is 0 Å². The molecule has 2 nitrogen and oxygen atoms in total. The van der Waals surface area contributed by atoms with E-state index in [1.807, 2.05) is 0 Å². The number of amides is 1. The van der Waals surface area contributed by atoms with Crippen LogP contribution in [0.5, 0.6) is 0 Å². The molecule has 0 aliphatic heterocycles. The van der Waals surface area contributed by atoms with Gasteiger partial charge in [0.05, 0.1) is 5.25 Å². The van der Waals surface area contributed by atoms with Gasteiger partial charge in [-0.25, -0.2) is 8.78 Å². The van der Waals surface area contributed by atoms with Crippen molar-refractivity contribution < 1.29 is 13.6 Å². The maximum absolute atomic E-state index is 13.1. The Labute approximate surface area is 87.9 Å². The van der Waals surface area contributed by atoms with E-state index < -0.39 is 17.1 Å². The van der Waals surface area contributed by atoms with E-state index >= 15 is 0 Å². The lowest BCUT2D eigenvalue weighted by Crippen LogP contribution is -2.38. The Hall–Kier alpha value is -0.320. The predicted molar refractivity (Wildman–Crippen MR) is 53.7 cm³/mol. The highest BCUT2D eigenvalue weighted by molar-refractivity contribution is 7.81. The number of alkyl halides is 2. The van der Waals surface area contributed by atoms with Crippen LogP contribution in [0.2, 0.25) is 0 Å². The molecule has 0 bridgehead atoms. The second-order valence-electron chi connectivity index (χ2n) is 3.77. The Morgan fingerprint density at radius 3 is 2.79 bits per heavy atom. The Balaban J connectivity index is 2.35. The first-order valence-electron chi connectivity index (χ1n) is 4.77. The van der Waals surface area contributed by atoms with Crippen LogP contribution in [0, 0.1) is 5.92 Å². The molecule has 0 aromatic carbocycles. The summed E-state index contributed by atoms with van der Waals surface area (Å²) in [5.41, 5.74) is 0. The normalized spacial score (nSPS) is 27.3. The standard InChI is InChI=1S/C9H15F2NOS/c1-6(14)8(13)12-5-7-3-2-4-9(7,10)11/h6-7,14H,2-5H2,1H3,(H,12,13). The van der Waals surface area contributed by atoms with Crippen molar-refractivity contribution in [3.8, 4) is 0 Å². The molecule has 0 heterocycles. The number of rotatable bonds is 3. The Morgan fingerprint density at radius 2 is 2.36 bits per heavy atom. The molecule has 1 fully saturated rings. The number of carbonyl (C=O) groups excluding carboxylic acids is 1. The highest BCUT2D eigenvalue weighted by Crippen LogP contribution is 2.39. The summed E-state index contributed by atoms with van der Waals surface area (Å²) in [6.07, 6.45) is 0.988. The third kappa shape index (κ3) is 2.83. The van der Waals surface area contributed by atoms with Gasteiger partial charge in [0.25, 0.3) is 5.92 Å². The number of hydrogen-bond donors (Lipinski definition) is 2. The molecule has 2 atom stereocenters. The van der Waals surface area contributed by atoms with E-state index in [4.69, 9.17) is 0 Å². The number of nitrogens with one attached hydrogen (secondary N) is 1. The Kier molecular flexibility index (Phi) is 3.75. The quantitative estimate of drug-likeness (QED) is 0.702. The van der Waals surface area contributed by atoms with Gasteiger partial charge in [-0.05, 0) is 19.8 Å². The first kappa shape index (κ1) is 11.8. The second kappa shape index (κ2) is 4.47. The van der Waals surface area contributed by atoms with Gasteiger partial charge in [0.15, 0.2) is 0 Å². The summed E-state index contributed by atoms with van der Waals surface area (Å²) in [6, 6.07) is 0. The third-order valence-electron chi connectivity index (χ3n) is 2.56. The molecule has 0 radical (unpaired) electrons. The maximum atomic E-state index is 13.1. The molecule has 1 amide bonds. The largest absolute Gasteiger partial charge is 0.355 e. The van der Waals surface area contributed by atoms with E-state index in [0.717, 1.165) is 0 Å². The molecule has 1 aliphatic carbocycles. The molecular weight excluding hydrogens is 208 g/mol. The second-order valence-corrected chi connectivity index (χ2v) is 4.55. The molecule has 14 heavy (non-hydrogen) atoms. The maximum Gasteiger partial charge on any atom is 0.252 e. The average Bonchev–Trinajstić information content (AvgIpc) is 2.40. The van der Waals surface area contributed by atoms with Crippen molar-refractivity contribution in [1.82, 2.24) is 5.32 Å². The van der Waals surface area contributed by atoms with Crippen molar-refractivity contribution >= 4 is 18.5 Å². The van der Waals surface area contributed by atoms with Crippen molar-refractivity contribution in [2.75, 3.05) is 6.54 Å². The number of hydrogen-bond acceptors (Lipinski definition) is 2. The smallest absolute Gasteiger partial charge is 0.252 e. The van der Waals surface area contributed by atoms with Crippen LogP contribution in [0.1, 0.15) is 26.2 Å². The van der Waals surface area contributed by atoms with Gasteiger partial charge in [0, 0.05) is 18.9 Å². The van der Waals surface area contributed by atoms with Crippen LogP contribution in [-0.4, -0.2) is 23.6 Å². The van der Waals surface area contributed by atoms with Crippen molar-refractivity contribution in [2.45, 2.75) is 37.4 Å². The molecule has 0 aromatic rings. The molecule has 1 rings (SSSR count). The summed E-state index contributed by atoms with van der Waals surface area (Å²) >= 11 is 3.91. The van der Waals surface area contributed by atoms with Crippen LogP contribution in [0.25, 0.3) is 0 Å². The Bertz CT molecular complexity index is 221. The first-order chi connectivity index (χ1) is 6.43. The topological polar surface area (TPSA) is 29.1 Å². The fourth-order valence-corrected chi connectivity index (χ4v) is 1.71. The average molecular weight is 223 g/mol. The van der Waals surface area contributed by atoms with Gasteiger partial charge < -0.3 is 5.32 Å². The highest BCUT2D eigenvalue weighted by atomic mass is 32.1. The summed E-state index contributed by atoms with van der Waals surface area (Å²) in [5.74, 6) is -3.58. The molecular formula is C9H15F2NOS. The number of carbonyl (C=O) groups is 1. The van der Waals surface area contributed by atoms with Gasteiger partial charge in [0.1, 0.15) is 0 Å². The zero-order valence-corrected chi connectivity index (χ0v) is 8.99. The zero-order chi connectivity index (χ0) is 10.8. The van der Waals surface area contributed by atoms with Crippen molar-refractivity contribution in [3.05, 3.63) is 0 Å². The predicted octanol–water partition coefficient (Wildman–Crippen LogP) is 1.86. The molecule has 5 heteroatoms. The van der Waals surface area contributed by atoms with Gasteiger partial charge in [-0.15, -0.1) is 0 Å². The van der Waals surface area contributed by atoms with Crippen LogP contribution in [-0.2, 0) is 4.79 Å². The molecule has 0 spiro atoms. The van der Waals surface area contributed by atoms with Crippen LogP contribution in [0.4, 0.5) is 8.78 Å². The minimum absolute atomic E-state index is 0.0516. The minimum atomic E-state index is -2.60. The summed E-state index contributed by atoms with van der Waals surface area (Å²) in [6.45, 7) is 1.68. The minimum Gasteiger partial charge on any atom is -0.355 e. The number of thiol groups is 1. The molecule has 1 aliphatic rings. The van der Waals surface area contributed by atoms with E-state index in [1.54, 1.807) is 6.92 Å². The monoisotopic (exact) mass is 223 g/mol. The summed E-state index contributed by atoms with van der Waals surface area (Å²) in [5, 5.41) is 2.04. The lowest BCUT2D eigenvalue weighted by molar-refractivity contribution is -0.121. The van der Waals surface area contributed by atoms with E-state index in [2.05, 4.69) is 17.9 Å². The van der Waals surface area contributed by atoms with Gasteiger partial charge in [-0.1, -0.05) is 0 Å². The number of halogens is 2. The molecule has 2 unspecified atom stereocenters. The van der Waals surface area contributed by atoms with Crippen molar-refractivity contribution in [1.29, 1.82) is 0 Å². The molecule has 0 saturated heterocycles. The van der Waals surface area contributed by atoms with E-state index in [1.165, 1.54) is 0 Å². The summed E-state index contributed by atoms with van der Waals surface area (Å²) in [4.78, 5) is 11.1. The molecule has 82 valence electrons. The van der Waals surface area contributed by atoms with Gasteiger partial charge in [-0.2, -0.15) is 12.6 Å². The summed E-state index contributed by atoms with van der Waals surface area (Å²) in [7, 11) is 0. The molecule has 0 aromatic heterocycles. The van der Waals surface area contributed by atoms with E-state index in [9.17, 15) is 13.6 Å². The van der Waals surface area contributed by atoms with Crippen LogP contribution in [0.3, 0.4) is 0 Å².